The van der Waals surface area contributed by atoms with E-state index in [2.05, 4.69) is 0 Å². The first kappa shape index (κ1) is 23.9. The Hall–Kier alpha value is -1.36. The van der Waals surface area contributed by atoms with Crippen molar-refractivity contribution in [2.75, 3.05) is 20.7 Å². The summed E-state index contributed by atoms with van der Waals surface area (Å²) in [6.45, 7) is -0.150. The molecule has 164 valence electrons. The normalized spacial score (nSPS) is 23.6. The van der Waals surface area contributed by atoms with Gasteiger partial charge in [0.15, 0.2) is 11.3 Å². The average Bonchev–Trinajstić information content (AvgIpc) is 2.61. The van der Waals surface area contributed by atoms with Crippen molar-refractivity contribution in [2.45, 2.75) is 55.6 Å². The fourth-order valence-corrected chi connectivity index (χ4v) is 3.92. The largest absolute Gasteiger partial charge is 0.417 e. The number of halogens is 4. The summed E-state index contributed by atoms with van der Waals surface area (Å²) in [5, 5.41) is 18.0. The van der Waals surface area contributed by atoms with Crippen molar-refractivity contribution in [1.82, 2.24) is 4.90 Å². The minimum Gasteiger partial charge on any atom is -0.393 e. The zero-order valence-corrected chi connectivity index (χ0v) is 17.1. The second-order valence-electron chi connectivity index (χ2n) is 7.11. The van der Waals surface area contributed by atoms with Crippen molar-refractivity contribution in [3.8, 4) is 0 Å². The summed E-state index contributed by atoms with van der Waals surface area (Å²) in [7, 11) is 3.30. The highest BCUT2D eigenvalue weighted by Crippen LogP contribution is 2.36. The van der Waals surface area contributed by atoms with Gasteiger partial charge in [0.1, 0.15) is 11.3 Å². The molecular weight excluding hydrogens is 412 g/mol. The number of thioether (sulfide) groups is 1. The van der Waals surface area contributed by atoms with Gasteiger partial charge in [-0.3, -0.25) is 5.41 Å². The van der Waals surface area contributed by atoms with Gasteiger partial charge in [0, 0.05) is 33.5 Å². The Balaban J connectivity index is 1.93. The highest BCUT2D eigenvalue weighted by Gasteiger charge is 2.49. The van der Waals surface area contributed by atoms with Crippen LogP contribution in [0.15, 0.2) is 24.3 Å². The lowest BCUT2D eigenvalue weighted by Crippen LogP contribution is -2.49. The molecule has 1 unspecified atom stereocenters. The summed E-state index contributed by atoms with van der Waals surface area (Å²) in [6.07, 6.45) is -8.38. The molecule has 0 aromatic heterocycles. The maximum atomic E-state index is 13.6. The molecule has 1 aliphatic heterocycles. The van der Waals surface area contributed by atoms with Crippen LogP contribution in [-0.4, -0.2) is 65.8 Å². The molecule has 2 rings (SSSR count). The average molecular weight is 438 g/mol. The monoisotopic (exact) mass is 438 g/mol. The van der Waals surface area contributed by atoms with E-state index in [4.69, 9.17) is 14.9 Å². The molecular formula is C19H26F4N2O3S. The minimum absolute atomic E-state index is 0.131. The molecule has 0 aliphatic carbocycles. The Morgan fingerprint density at radius 1 is 1.31 bits per heavy atom. The summed E-state index contributed by atoms with van der Waals surface area (Å²) >= 11 is 0.964. The first-order valence-corrected chi connectivity index (χ1v) is 10.1. The number of aliphatic hydroxyl groups excluding tert-OH is 1. The Kier molecular flexibility index (Phi) is 8.74. The van der Waals surface area contributed by atoms with Crippen LogP contribution >= 0.6 is 11.8 Å². The summed E-state index contributed by atoms with van der Waals surface area (Å²) in [6, 6.07) is 5.77. The van der Waals surface area contributed by atoms with Crippen molar-refractivity contribution in [2.24, 2.45) is 0 Å². The van der Waals surface area contributed by atoms with E-state index in [9.17, 15) is 22.7 Å². The molecule has 0 radical (unpaired) electrons. The maximum absolute atomic E-state index is 13.6. The molecule has 1 saturated heterocycles. The van der Waals surface area contributed by atoms with Gasteiger partial charge >= 0.3 is 6.18 Å². The number of aryl methyl sites for hydroxylation is 1. The molecule has 5 nitrogen and oxygen atoms in total. The highest BCUT2D eigenvalue weighted by molar-refractivity contribution is 8.14. The number of rotatable bonds is 7. The van der Waals surface area contributed by atoms with E-state index in [1.807, 2.05) is 0 Å². The SMILES string of the molecule is CN(C)C(=N)S[C@@H]1C[C@@H](O)C[C@@H](C(OCCCc2ccc(F)cc2)C(F)(F)F)O1. The first-order valence-electron chi connectivity index (χ1n) is 9.25. The molecule has 0 spiro atoms. The van der Waals surface area contributed by atoms with Gasteiger partial charge in [0.05, 0.1) is 12.2 Å². The van der Waals surface area contributed by atoms with Gasteiger partial charge in [-0.05, 0) is 30.5 Å². The van der Waals surface area contributed by atoms with Crippen LogP contribution in [0.5, 0.6) is 0 Å². The van der Waals surface area contributed by atoms with Gasteiger partial charge in [-0.2, -0.15) is 13.2 Å². The van der Waals surface area contributed by atoms with E-state index in [0.29, 0.717) is 12.8 Å². The first-order chi connectivity index (χ1) is 13.6. The Bertz CT molecular complexity index is 658. The molecule has 2 N–H and O–H groups in total. The van der Waals surface area contributed by atoms with Gasteiger partial charge in [0.25, 0.3) is 0 Å². The van der Waals surface area contributed by atoms with Crippen LogP contribution in [-0.2, 0) is 15.9 Å². The molecule has 0 saturated carbocycles. The van der Waals surface area contributed by atoms with Crippen LogP contribution in [0, 0.1) is 11.2 Å². The second-order valence-corrected chi connectivity index (χ2v) is 8.26. The van der Waals surface area contributed by atoms with Crippen molar-refractivity contribution >= 4 is 16.9 Å². The van der Waals surface area contributed by atoms with E-state index in [1.165, 1.54) is 17.0 Å². The highest BCUT2D eigenvalue weighted by atomic mass is 32.2. The van der Waals surface area contributed by atoms with Crippen LogP contribution in [0.2, 0.25) is 0 Å². The molecule has 1 aromatic carbocycles. The summed E-state index contributed by atoms with van der Waals surface area (Å²) < 4.78 is 64.3. The van der Waals surface area contributed by atoms with Crippen LogP contribution in [0.25, 0.3) is 0 Å². The topological polar surface area (TPSA) is 65.8 Å². The Labute approximate surface area is 171 Å². The Morgan fingerprint density at radius 2 is 1.97 bits per heavy atom. The van der Waals surface area contributed by atoms with Crippen LogP contribution in [0.4, 0.5) is 17.6 Å². The summed E-state index contributed by atoms with van der Waals surface area (Å²) in [5.41, 5.74) is 0.0490. The third-order valence-corrected chi connectivity index (χ3v) is 5.58. The lowest BCUT2D eigenvalue weighted by Gasteiger charge is -2.37. The predicted molar refractivity (Wildman–Crippen MR) is 103 cm³/mol. The van der Waals surface area contributed by atoms with Crippen molar-refractivity contribution in [3.05, 3.63) is 35.6 Å². The van der Waals surface area contributed by atoms with Gasteiger partial charge < -0.3 is 19.5 Å². The molecule has 1 fully saturated rings. The van der Waals surface area contributed by atoms with Gasteiger partial charge in [-0.25, -0.2) is 4.39 Å². The standard InChI is InChI=1S/C19H26F4N2O3S/c1-25(2)18(24)29-16-11-14(26)10-15(28-16)17(19(21,22)23)27-9-3-4-12-5-7-13(20)8-6-12/h5-8,14-17,24,26H,3-4,9-11H2,1-2H3/t14-,15-,16+,17?/m0/s1. The third-order valence-electron chi connectivity index (χ3n) is 4.43. The molecule has 1 heterocycles. The quantitative estimate of drug-likeness (QED) is 0.293. The van der Waals surface area contributed by atoms with Gasteiger partial charge in [-0.15, -0.1) is 0 Å². The molecule has 1 aliphatic rings. The molecule has 1 aromatic rings. The van der Waals surface area contributed by atoms with E-state index >= 15 is 0 Å². The minimum atomic E-state index is -4.65. The summed E-state index contributed by atoms with van der Waals surface area (Å²) in [5.74, 6) is -0.370. The number of benzene rings is 1. The lowest BCUT2D eigenvalue weighted by molar-refractivity contribution is -0.263. The smallest absolute Gasteiger partial charge is 0.393 e. The zero-order valence-electron chi connectivity index (χ0n) is 16.3. The predicted octanol–water partition coefficient (Wildman–Crippen LogP) is 3.80. The van der Waals surface area contributed by atoms with E-state index < -0.39 is 29.9 Å². The second kappa shape index (κ2) is 10.6. The van der Waals surface area contributed by atoms with E-state index in [0.717, 1.165) is 17.3 Å². The van der Waals surface area contributed by atoms with Crippen molar-refractivity contribution in [1.29, 1.82) is 5.41 Å². The van der Waals surface area contributed by atoms with Gasteiger partial charge in [-0.1, -0.05) is 23.9 Å². The number of amidine groups is 1. The number of nitrogens with one attached hydrogen (secondary N) is 1. The zero-order chi connectivity index (χ0) is 21.6. The maximum Gasteiger partial charge on any atom is 0.417 e. The van der Waals surface area contributed by atoms with E-state index in [-0.39, 0.29) is 30.4 Å². The fraction of sp³-hybridized carbons (Fsp3) is 0.632. The summed E-state index contributed by atoms with van der Waals surface area (Å²) in [4.78, 5) is 1.51. The van der Waals surface area contributed by atoms with Crippen LogP contribution in [0.3, 0.4) is 0 Å². The number of hydrogen-bond donors (Lipinski definition) is 2. The van der Waals surface area contributed by atoms with E-state index in [1.54, 1.807) is 26.2 Å². The van der Waals surface area contributed by atoms with Crippen LogP contribution in [0.1, 0.15) is 24.8 Å². The molecule has 4 atom stereocenters. The van der Waals surface area contributed by atoms with Gasteiger partial charge in [0.2, 0.25) is 0 Å². The fourth-order valence-electron chi connectivity index (χ4n) is 2.94. The molecule has 0 bridgehead atoms. The lowest BCUT2D eigenvalue weighted by atomic mass is 10.0. The Morgan fingerprint density at radius 3 is 2.55 bits per heavy atom. The van der Waals surface area contributed by atoms with Crippen molar-refractivity contribution < 1.29 is 32.1 Å². The number of hydrogen-bond acceptors (Lipinski definition) is 5. The van der Waals surface area contributed by atoms with Crippen LogP contribution < -0.4 is 0 Å². The third kappa shape index (κ3) is 7.76. The number of ether oxygens (including phenoxy) is 2. The number of alkyl halides is 3. The van der Waals surface area contributed by atoms with Crippen molar-refractivity contribution in [3.63, 3.8) is 0 Å². The molecule has 29 heavy (non-hydrogen) atoms. The molecule has 0 amide bonds. The number of nitrogens with zero attached hydrogens (tertiary/aromatic N) is 1. The number of aliphatic hydroxyl groups is 1. The molecule has 10 heteroatoms.